The predicted octanol–water partition coefficient (Wildman–Crippen LogP) is -1.79. The van der Waals surface area contributed by atoms with Gasteiger partial charge in [-0.15, -0.1) is 0 Å². The molecule has 2 aliphatic heterocycles. The summed E-state index contributed by atoms with van der Waals surface area (Å²) in [5.41, 5.74) is 0. The van der Waals surface area contributed by atoms with Gasteiger partial charge in [0.25, 0.3) is 0 Å². The maximum absolute atomic E-state index is 12.2. The number of esters is 1. The molecule has 2 aliphatic rings. The number of nitrogens with zero attached hydrogens (tertiary/aromatic N) is 3. The number of nitrogens with one attached hydrogen (secondary N) is 1. The number of piperazine rings is 2. The molecule has 1 N–H and O–H groups in total. The Kier molecular flexibility index (Phi) is 5.75. The van der Waals surface area contributed by atoms with Gasteiger partial charge in [0.05, 0.1) is 20.2 Å². The Morgan fingerprint density at radius 3 is 2.15 bits per heavy atom. The van der Waals surface area contributed by atoms with Crippen molar-refractivity contribution >= 4 is 11.9 Å². The number of methoxy groups -OCH3 is 1. The smallest absolute Gasteiger partial charge is 0.319 e. The highest BCUT2D eigenvalue weighted by molar-refractivity contribution is 5.78. The summed E-state index contributed by atoms with van der Waals surface area (Å²) >= 11 is 0. The fraction of sp³-hybridized carbons (Fsp3) is 0.846. The van der Waals surface area contributed by atoms with Crippen LogP contribution < -0.4 is 5.32 Å². The molecule has 0 spiro atoms. The van der Waals surface area contributed by atoms with Gasteiger partial charge in [0, 0.05) is 52.4 Å². The van der Waals surface area contributed by atoms with Crippen LogP contribution in [0.3, 0.4) is 0 Å². The van der Waals surface area contributed by atoms with Crippen LogP contribution in [0, 0.1) is 0 Å². The monoisotopic (exact) mass is 284 g/mol. The molecule has 0 aromatic heterocycles. The van der Waals surface area contributed by atoms with Crippen LogP contribution in [0.2, 0.25) is 0 Å². The average molecular weight is 284 g/mol. The number of carbonyl (C=O) groups is 2. The second-order valence-electron chi connectivity index (χ2n) is 5.26. The Hall–Kier alpha value is -1.18. The minimum Gasteiger partial charge on any atom is -0.468 e. The second-order valence-corrected chi connectivity index (χ2v) is 5.26. The molecule has 2 rings (SSSR count). The maximum Gasteiger partial charge on any atom is 0.319 e. The standard InChI is InChI=1S/C13H24N4O3/c1-20-13(19)11-16-6-8-17(9-7-16)12(18)10-15-4-2-14-3-5-15/h14H,2-11H2,1H3. The van der Waals surface area contributed by atoms with E-state index >= 15 is 0 Å². The van der Waals surface area contributed by atoms with E-state index in [-0.39, 0.29) is 11.9 Å². The molecule has 0 radical (unpaired) electrons. The highest BCUT2D eigenvalue weighted by atomic mass is 16.5. The average Bonchev–Trinajstić information content (AvgIpc) is 2.49. The van der Waals surface area contributed by atoms with Gasteiger partial charge in [-0.25, -0.2) is 0 Å². The largest absolute Gasteiger partial charge is 0.468 e. The zero-order valence-electron chi connectivity index (χ0n) is 12.1. The van der Waals surface area contributed by atoms with Crippen LogP contribution in [0.1, 0.15) is 0 Å². The second kappa shape index (κ2) is 7.56. The normalized spacial score (nSPS) is 21.8. The molecule has 114 valence electrons. The molecule has 0 atom stereocenters. The lowest BCUT2D eigenvalue weighted by molar-refractivity contribution is -0.142. The van der Waals surface area contributed by atoms with Crippen molar-refractivity contribution in [2.45, 2.75) is 0 Å². The van der Waals surface area contributed by atoms with Crippen LogP contribution >= 0.6 is 0 Å². The van der Waals surface area contributed by atoms with Crippen LogP contribution in [0.25, 0.3) is 0 Å². The molecule has 1 amide bonds. The number of hydrogen-bond acceptors (Lipinski definition) is 6. The first-order valence-electron chi connectivity index (χ1n) is 7.19. The summed E-state index contributed by atoms with van der Waals surface area (Å²) in [6, 6.07) is 0. The van der Waals surface area contributed by atoms with E-state index in [1.54, 1.807) is 0 Å². The molecule has 20 heavy (non-hydrogen) atoms. The molecule has 0 saturated carbocycles. The minimum atomic E-state index is -0.217. The van der Waals surface area contributed by atoms with E-state index < -0.39 is 0 Å². The van der Waals surface area contributed by atoms with Crippen LogP contribution in [0.15, 0.2) is 0 Å². The third-order valence-corrected chi connectivity index (χ3v) is 3.87. The molecule has 2 saturated heterocycles. The molecular formula is C13H24N4O3. The van der Waals surface area contributed by atoms with Crippen LogP contribution in [0.4, 0.5) is 0 Å². The van der Waals surface area contributed by atoms with Crippen LogP contribution in [-0.4, -0.2) is 99.1 Å². The van der Waals surface area contributed by atoms with Crippen molar-refractivity contribution in [1.82, 2.24) is 20.0 Å². The van der Waals surface area contributed by atoms with E-state index in [9.17, 15) is 9.59 Å². The Bertz CT molecular complexity index is 337. The number of hydrogen-bond donors (Lipinski definition) is 1. The third-order valence-electron chi connectivity index (χ3n) is 3.87. The van der Waals surface area contributed by atoms with E-state index in [2.05, 4.69) is 15.0 Å². The van der Waals surface area contributed by atoms with Gasteiger partial charge in [0.1, 0.15) is 0 Å². The zero-order valence-corrected chi connectivity index (χ0v) is 12.1. The predicted molar refractivity (Wildman–Crippen MR) is 74.3 cm³/mol. The first kappa shape index (κ1) is 15.2. The highest BCUT2D eigenvalue weighted by Gasteiger charge is 2.24. The van der Waals surface area contributed by atoms with Gasteiger partial charge in [-0.05, 0) is 0 Å². The topological polar surface area (TPSA) is 65.1 Å². The SMILES string of the molecule is COC(=O)CN1CCN(C(=O)CN2CCNCC2)CC1. The number of carbonyl (C=O) groups excluding carboxylic acids is 2. The first-order chi connectivity index (χ1) is 9.69. The van der Waals surface area contributed by atoms with Gasteiger partial charge in [0.2, 0.25) is 5.91 Å². The number of rotatable bonds is 4. The lowest BCUT2D eigenvalue weighted by Gasteiger charge is -2.35. The summed E-state index contributed by atoms with van der Waals surface area (Å²) in [4.78, 5) is 29.5. The lowest BCUT2D eigenvalue weighted by Crippen LogP contribution is -2.53. The fourth-order valence-corrected chi connectivity index (χ4v) is 2.56. The summed E-state index contributed by atoms with van der Waals surface area (Å²) in [7, 11) is 1.40. The lowest BCUT2D eigenvalue weighted by atomic mass is 10.3. The van der Waals surface area contributed by atoms with Crippen molar-refractivity contribution in [3.8, 4) is 0 Å². The zero-order chi connectivity index (χ0) is 14.4. The molecule has 0 bridgehead atoms. The van der Waals surface area contributed by atoms with Gasteiger partial charge in [0.15, 0.2) is 0 Å². The molecule has 0 aliphatic carbocycles. The van der Waals surface area contributed by atoms with E-state index in [0.29, 0.717) is 26.2 Å². The summed E-state index contributed by atoms with van der Waals surface area (Å²) in [6.45, 7) is 7.49. The Labute approximate surface area is 119 Å². The van der Waals surface area contributed by atoms with Crippen molar-refractivity contribution < 1.29 is 14.3 Å². The van der Waals surface area contributed by atoms with Gasteiger partial charge < -0.3 is 15.0 Å². The molecule has 7 nitrogen and oxygen atoms in total. The van der Waals surface area contributed by atoms with Crippen LogP contribution in [-0.2, 0) is 14.3 Å². The van der Waals surface area contributed by atoms with Crippen molar-refractivity contribution in [2.24, 2.45) is 0 Å². The summed E-state index contributed by atoms with van der Waals surface area (Å²) in [5, 5.41) is 3.28. The van der Waals surface area contributed by atoms with Crippen LogP contribution in [0.5, 0.6) is 0 Å². The number of amides is 1. The van der Waals surface area contributed by atoms with Gasteiger partial charge in [-0.3, -0.25) is 19.4 Å². The molecule has 0 unspecified atom stereocenters. The minimum absolute atomic E-state index is 0.199. The first-order valence-corrected chi connectivity index (χ1v) is 7.19. The molecule has 2 heterocycles. The van der Waals surface area contributed by atoms with Gasteiger partial charge in [-0.2, -0.15) is 0 Å². The molecular weight excluding hydrogens is 260 g/mol. The maximum atomic E-state index is 12.2. The van der Waals surface area contributed by atoms with Crippen molar-refractivity contribution in [2.75, 3.05) is 72.6 Å². The Balaban J connectivity index is 1.69. The van der Waals surface area contributed by atoms with E-state index in [1.807, 2.05) is 9.80 Å². The molecule has 7 heteroatoms. The van der Waals surface area contributed by atoms with E-state index in [1.165, 1.54) is 7.11 Å². The molecule has 0 aromatic carbocycles. The quantitative estimate of drug-likeness (QED) is 0.615. The fourth-order valence-electron chi connectivity index (χ4n) is 2.56. The van der Waals surface area contributed by atoms with Crippen molar-refractivity contribution in [1.29, 1.82) is 0 Å². The third kappa shape index (κ3) is 4.43. The van der Waals surface area contributed by atoms with Crippen molar-refractivity contribution in [3.63, 3.8) is 0 Å². The van der Waals surface area contributed by atoms with E-state index in [4.69, 9.17) is 0 Å². The molecule has 0 aromatic rings. The highest BCUT2D eigenvalue weighted by Crippen LogP contribution is 2.04. The number of ether oxygens (including phenoxy) is 1. The summed E-state index contributed by atoms with van der Waals surface area (Å²) < 4.78 is 4.65. The summed E-state index contributed by atoms with van der Waals surface area (Å²) in [5.74, 6) is -0.0183. The van der Waals surface area contributed by atoms with Gasteiger partial charge in [-0.1, -0.05) is 0 Å². The van der Waals surface area contributed by atoms with Gasteiger partial charge >= 0.3 is 5.97 Å². The van der Waals surface area contributed by atoms with Crippen molar-refractivity contribution in [3.05, 3.63) is 0 Å². The van der Waals surface area contributed by atoms with E-state index in [0.717, 1.165) is 39.3 Å². The Morgan fingerprint density at radius 1 is 0.950 bits per heavy atom. The summed E-state index contributed by atoms with van der Waals surface area (Å²) in [6.07, 6.45) is 0. The molecule has 2 fully saturated rings. The Morgan fingerprint density at radius 2 is 1.55 bits per heavy atom.